The van der Waals surface area contributed by atoms with E-state index < -0.39 is 0 Å². The van der Waals surface area contributed by atoms with Crippen molar-refractivity contribution in [1.82, 2.24) is 25.3 Å². The predicted octanol–water partition coefficient (Wildman–Crippen LogP) is 2.54. The fourth-order valence-electron chi connectivity index (χ4n) is 2.35. The summed E-state index contributed by atoms with van der Waals surface area (Å²) in [4.78, 5) is 16.2. The Balaban J connectivity index is 1.96. The molecule has 0 bridgehead atoms. The first kappa shape index (κ1) is 17.8. The van der Waals surface area contributed by atoms with Crippen LogP contribution in [0.1, 0.15) is 0 Å². The summed E-state index contributed by atoms with van der Waals surface area (Å²) >= 11 is 5.99. The number of nitrogens with one attached hydrogen (secondary N) is 3. The second kappa shape index (κ2) is 8.41. The van der Waals surface area contributed by atoms with Crippen LogP contribution in [-0.2, 0) is 0 Å². The summed E-state index contributed by atoms with van der Waals surface area (Å²) in [5, 5.41) is 9.92. The Morgan fingerprint density at radius 1 is 1.00 bits per heavy atom. The smallest absolute Gasteiger partial charge is 0.158 e. The SMILES string of the molecule is CNCCNc1ccc(-c2cncnc2)cc1Nc1ncnc(Cl)c1N. The van der Waals surface area contributed by atoms with E-state index in [-0.39, 0.29) is 5.15 Å². The summed E-state index contributed by atoms with van der Waals surface area (Å²) in [6.45, 7) is 1.59. The lowest BCUT2D eigenvalue weighted by Gasteiger charge is -2.16. The molecule has 0 saturated carbocycles. The van der Waals surface area contributed by atoms with Crippen molar-refractivity contribution in [2.24, 2.45) is 0 Å². The number of anilines is 4. The van der Waals surface area contributed by atoms with Gasteiger partial charge in [0, 0.05) is 31.0 Å². The third kappa shape index (κ3) is 4.16. The zero-order valence-electron chi connectivity index (χ0n) is 14.2. The highest BCUT2D eigenvalue weighted by atomic mass is 35.5. The van der Waals surface area contributed by atoms with E-state index in [1.54, 1.807) is 12.4 Å². The van der Waals surface area contributed by atoms with Gasteiger partial charge in [0.2, 0.25) is 0 Å². The van der Waals surface area contributed by atoms with Crippen molar-refractivity contribution in [2.75, 3.05) is 36.5 Å². The number of rotatable bonds is 7. The van der Waals surface area contributed by atoms with Gasteiger partial charge in [-0.1, -0.05) is 17.7 Å². The molecule has 3 aromatic rings. The lowest BCUT2D eigenvalue weighted by molar-refractivity contribution is 0.824. The quantitative estimate of drug-likeness (QED) is 0.370. The summed E-state index contributed by atoms with van der Waals surface area (Å²) in [7, 11) is 1.91. The van der Waals surface area contributed by atoms with Crippen LogP contribution in [0.25, 0.3) is 11.1 Å². The fourth-order valence-corrected chi connectivity index (χ4v) is 2.49. The van der Waals surface area contributed by atoms with E-state index in [1.165, 1.54) is 12.7 Å². The van der Waals surface area contributed by atoms with Crippen LogP contribution in [0.4, 0.5) is 22.9 Å². The van der Waals surface area contributed by atoms with Crippen LogP contribution in [0.15, 0.2) is 43.2 Å². The molecule has 0 spiro atoms. The first-order valence-corrected chi connectivity index (χ1v) is 8.37. The zero-order chi connectivity index (χ0) is 18.4. The Morgan fingerprint density at radius 3 is 2.58 bits per heavy atom. The average Bonchev–Trinajstić information content (AvgIpc) is 2.67. The Bertz CT molecular complexity index is 872. The molecule has 0 unspecified atom stereocenters. The monoisotopic (exact) mass is 370 g/mol. The lowest BCUT2D eigenvalue weighted by atomic mass is 10.1. The number of nitrogens with two attached hydrogens (primary N) is 1. The molecule has 0 saturated heterocycles. The van der Waals surface area contributed by atoms with Gasteiger partial charge in [0.15, 0.2) is 11.0 Å². The molecule has 9 heteroatoms. The molecule has 26 heavy (non-hydrogen) atoms. The molecular weight excluding hydrogens is 352 g/mol. The number of hydrogen-bond acceptors (Lipinski definition) is 8. The molecule has 0 aliphatic carbocycles. The number of nitrogens with zero attached hydrogens (tertiary/aromatic N) is 4. The third-order valence-electron chi connectivity index (χ3n) is 3.69. The maximum Gasteiger partial charge on any atom is 0.158 e. The average molecular weight is 371 g/mol. The van der Waals surface area contributed by atoms with Crippen LogP contribution in [0.5, 0.6) is 0 Å². The predicted molar refractivity (Wildman–Crippen MR) is 105 cm³/mol. The van der Waals surface area contributed by atoms with E-state index in [0.29, 0.717) is 11.5 Å². The van der Waals surface area contributed by atoms with E-state index >= 15 is 0 Å². The second-order valence-corrected chi connectivity index (χ2v) is 5.83. The molecule has 1 aromatic carbocycles. The van der Waals surface area contributed by atoms with Gasteiger partial charge in [-0.2, -0.15) is 0 Å². The van der Waals surface area contributed by atoms with Gasteiger partial charge in [-0.3, -0.25) is 0 Å². The first-order valence-electron chi connectivity index (χ1n) is 8.00. The number of aromatic nitrogens is 4. The van der Waals surface area contributed by atoms with Gasteiger partial charge in [-0.05, 0) is 24.7 Å². The highest BCUT2D eigenvalue weighted by Gasteiger charge is 2.11. The van der Waals surface area contributed by atoms with Gasteiger partial charge >= 0.3 is 0 Å². The Labute approximate surface area is 156 Å². The van der Waals surface area contributed by atoms with Gasteiger partial charge in [-0.25, -0.2) is 19.9 Å². The Morgan fingerprint density at radius 2 is 1.81 bits per heavy atom. The number of halogens is 1. The molecule has 0 amide bonds. The molecule has 2 aromatic heterocycles. The van der Waals surface area contributed by atoms with Crippen LogP contribution < -0.4 is 21.7 Å². The standard InChI is InChI=1S/C17H19ClN8/c1-20-4-5-23-13-3-2-11(12-7-21-9-22-8-12)6-14(13)26-17-15(19)16(18)24-10-25-17/h2-3,6-10,20,23H,4-5,19H2,1H3,(H,24,25,26). The van der Waals surface area contributed by atoms with Crippen LogP contribution >= 0.6 is 11.6 Å². The van der Waals surface area contributed by atoms with Crippen LogP contribution in [0.3, 0.4) is 0 Å². The first-order chi connectivity index (χ1) is 12.7. The van der Waals surface area contributed by atoms with Crippen molar-refractivity contribution >= 4 is 34.5 Å². The zero-order valence-corrected chi connectivity index (χ0v) is 15.0. The second-order valence-electron chi connectivity index (χ2n) is 5.47. The van der Waals surface area contributed by atoms with Crippen molar-refractivity contribution in [3.8, 4) is 11.1 Å². The maximum atomic E-state index is 5.99. The summed E-state index contributed by atoms with van der Waals surface area (Å²) in [5.41, 5.74) is 9.87. The number of hydrogen-bond donors (Lipinski definition) is 4. The van der Waals surface area contributed by atoms with Crippen LogP contribution in [0.2, 0.25) is 5.15 Å². The third-order valence-corrected chi connectivity index (χ3v) is 3.99. The molecule has 134 valence electrons. The summed E-state index contributed by atoms with van der Waals surface area (Å²) in [5.74, 6) is 0.447. The van der Waals surface area contributed by atoms with Gasteiger partial charge in [-0.15, -0.1) is 0 Å². The number of likely N-dealkylation sites (N-methyl/N-ethyl adjacent to an activating group) is 1. The molecule has 0 atom stereocenters. The summed E-state index contributed by atoms with van der Waals surface area (Å²) < 4.78 is 0. The maximum absolute atomic E-state index is 5.99. The molecule has 0 fully saturated rings. The molecule has 2 heterocycles. The molecular formula is C17H19ClN8. The fraction of sp³-hybridized carbons (Fsp3) is 0.176. The molecule has 0 aliphatic heterocycles. The normalized spacial score (nSPS) is 10.5. The van der Waals surface area contributed by atoms with Crippen molar-refractivity contribution in [3.05, 3.63) is 48.4 Å². The number of nitrogen functional groups attached to an aromatic ring is 1. The van der Waals surface area contributed by atoms with E-state index in [2.05, 4.69) is 35.9 Å². The topological polar surface area (TPSA) is 114 Å². The molecule has 0 aliphatic rings. The van der Waals surface area contributed by atoms with Gasteiger partial charge in [0.05, 0.1) is 11.4 Å². The van der Waals surface area contributed by atoms with Crippen molar-refractivity contribution in [1.29, 1.82) is 0 Å². The highest BCUT2D eigenvalue weighted by molar-refractivity contribution is 6.32. The minimum absolute atomic E-state index is 0.208. The van der Waals surface area contributed by atoms with Crippen LogP contribution in [0, 0.1) is 0 Å². The van der Waals surface area contributed by atoms with E-state index in [4.69, 9.17) is 17.3 Å². The van der Waals surface area contributed by atoms with Crippen LogP contribution in [-0.4, -0.2) is 40.1 Å². The molecule has 3 rings (SSSR count). The Hall–Kier alpha value is -2.97. The summed E-state index contributed by atoms with van der Waals surface area (Å²) in [6, 6.07) is 5.97. The highest BCUT2D eigenvalue weighted by Crippen LogP contribution is 2.33. The molecule has 0 radical (unpaired) electrons. The largest absolute Gasteiger partial charge is 0.393 e. The van der Waals surface area contributed by atoms with Gasteiger partial charge in [0.25, 0.3) is 0 Å². The Kier molecular flexibility index (Phi) is 5.77. The van der Waals surface area contributed by atoms with E-state index in [1.807, 2.05) is 25.2 Å². The van der Waals surface area contributed by atoms with Crippen molar-refractivity contribution in [3.63, 3.8) is 0 Å². The number of benzene rings is 1. The summed E-state index contributed by atoms with van der Waals surface area (Å²) in [6.07, 6.45) is 6.39. The minimum Gasteiger partial charge on any atom is -0.393 e. The molecule has 8 nitrogen and oxygen atoms in total. The van der Waals surface area contributed by atoms with E-state index in [0.717, 1.165) is 35.6 Å². The minimum atomic E-state index is 0.208. The van der Waals surface area contributed by atoms with Crippen molar-refractivity contribution < 1.29 is 0 Å². The van der Waals surface area contributed by atoms with Gasteiger partial charge < -0.3 is 21.7 Å². The van der Waals surface area contributed by atoms with Gasteiger partial charge in [0.1, 0.15) is 18.3 Å². The molecule has 5 N–H and O–H groups in total. The van der Waals surface area contributed by atoms with Crippen molar-refractivity contribution in [2.45, 2.75) is 0 Å². The lowest BCUT2D eigenvalue weighted by Crippen LogP contribution is -2.18. The van der Waals surface area contributed by atoms with E-state index in [9.17, 15) is 0 Å².